The SMILES string of the molecule is Cc1cc(C)c(NC(=O)c2cc(C)nc3ccc(F)cc23)c(C)c1. The van der Waals surface area contributed by atoms with Crippen LogP contribution in [0.15, 0.2) is 36.4 Å². The van der Waals surface area contributed by atoms with Crippen LogP contribution in [0.2, 0.25) is 0 Å². The van der Waals surface area contributed by atoms with E-state index in [1.165, 1.54) is 12.1 Å². The van der Waals surface area contributed by atoms with Crippen molar-refractivity contribution in [2.75, 3.05) is 5.32 Å². The van der Waals surface area contributed by atoms with E-state index in [4.69, 9.17) is 0 Å². The normalized spacial score (nSPS) is 10.9. The summed E-state index contributed by atoms with van der Waals surface area (Å²) in [6.07, 6.45) is 0. The Bertz CT molecular complexity index is 940. The van der Waals surface area contributed by atoms with Crippen LogP contribution in [0.5, 0.6) is 0 Å². The second-order valence-electron chi connectivity index (χ2n) is 6.20. The lowest BCUT2D eigenvalue weighted by molar-refractivity contribution is 0.102. The van der Waals surface area contributed by atoms with E-state index in [-0.39, 0.29) is 11.7 Å². The quantitative estimate of drug-likeness (QED) is 0.732. The minimum atomic E-state index is -0.384. The van der Waals surface area contributed by atoms with Gasteiger partial charge in [-0.15, -0.1) is 0 Å². The van der Waals surface area contributed by atoms with Crippen molar-refractivity contribution < 1.29 is 9.18 Å². The Balaban J connectivity index is 2.08. The number of hydrogen-bond donors (Lipinski definition) is 1. The van der Waals surface area contributed by atoms with E-state index >= 15 is 0 Å². The Labute approximate surface area is 140 Å². The molecule has 0 saturated carbocycles. The number of aryl methyl sites for hydroxylation is 4. The first-order chi connectivity index (χ1) is 11.3. The van der Waals surface area contributed by atoms with Crippen molar-refractivity contribution in [3.8, 4) is 0 Å². The molecule has 0 bridgehead atoms. The third kappa shape index (κ3) is 3.00. The topological polar surface area (TPSA) is 42.0 Å². The van der Waals surface area contributed by atoms with Crippen molar-refractivity contribution in [3.05, 3.63) is 70.2 Å². The van der Waals surface area contributed by atoms with E-state index < -0.39 is 0 Å². The molecule has 0 aliphatic rings. The molecule has 1 heterocycles. The van der Waals surface area contributed by atoms with Crippen molar-refractivity contribution in [2.45, 2.75) is 27.7 Å². The van der Waals surface area contributed by atoms with Gasteiger partial charge in [0.15, 0.2) is 0 Å². The second-order valence-corrected chi connectivity index (χ2v) is 6.20. The molecule has 1 amide bonds. The summed E-state index contributed by atoms with van der Waals surface area (Å²) in [5.74, 6) is -0.643. The average molecular weight is 322 g/mol. The molecule has 2 aromatic carbocycles. The van der Waals surface area contributed by atoms with Gasteiger partial charge in [-0.25, -0.2) is 4.39 Å². The third-order valence-electron chi connectivity index (χ3n) is 4.06. The van der Waals surface area contributed by atoms with Crippen LogP contribution in [0.4, 0.5) is 10.1 Å². The molecule has 1 N–H and O–H groups in total. The van der Waals surface area contributed by atoms with Crippen molar-refractivity contribution >= 4 is 22.5 Å². The largest absolute Gasteiger partial charge is 0.321 e. The molecule has 0 radical (unpaired) electrons. The minimum absolute atomic E-state index is 0.258. The van der Waals surface area contributed by atoms with Crippen LogP contribution in [0.25, 0.3) is 10.9 Å². The highest BCUT2D eigenvalue weighted by Crippen LogP contribution is 2.25. The molecule has 24 heavy (non-hydrogen) atoms. The molecule has 0 spiro atoms. The fourth-order valence-electron chi connectivity index (χ4n) is 3.08. The highest BCUT2D eigenvalue weighted by Gasteiger charge is 2.15. The molecule has 0 aliphatic heterocycles. The Hall–Kier alpha value is -2.75. The summed E-state index contributed by atoms with van der Waals surface area (Å²) in [4.78, 5) is 17.2. The van der Waals surface area contributed by atoms with Crippen molar-refractivity contribution in [2.24, 2.45) is 0 Å². The number of rotatable bonds is 2. The fourth-order valence-corrected chi connectivity index (χ4v) is 3.08. The molecular formula is C20H19FN2O. The molecule has 0 atom stereocenters. The van der Waals surface area contributed by atoms with Crippen LogP contribution in [0.1, 0.15) is 32.7 Å². The minimum Gasteiger partial charge on any atom is -0.321 e. The number of hydrogen-bond acceptors (Lipinski definition) is 2. The molecule has 4 heteroatoms. The molecule has 3 rings (SSSR count). The van der Waals surface area contributed by atoms with Gasteiger partial charge < -0.3 is 5.32 Å². The maximum absolute atomic E-state index is 13.6. The lowest BCUT2D eigenvalue weighted by Crippen LogP contribution is -2.15. The molecule has 3 aromatic rings. The van der Waals surface area contributed by atoms with Crippen LogP contribution >= 0.6 is 0 Å². The summed E-state index contributed by atoms with van der Waals surface area (Å²) in [5, 5.41) is 3.49. The van der Waals surface area contributed by atoms with Gasteiger partial charge in [0, 0.05) is 16.8 Å². The highest BCUT2D eigenvalue weighted by molar-refractivity contribution is 6.12. The van der Waals surface area contributed by atoms with Gasteiger partial charge in [0.05, 0.1) is 11.1 Å². The molecule has 0 fully saturated rings. The van der Waals surface area contributed by atoms with Crippen molar-refractivity contribution in [3.63, 3.8) is 0 Å². The lowest BCUT2D eigenvalue weighted by Gasteiger charge is -2.14. The number of anilines is 1. The number of amides is 1. The van der Waals surface area contributed by atoms with Crippen LogP contribution < -0.4 is 5.32 Å². The summed E-state index contributed by atoms with van der Waals surface area (Å²) in [6, 6.07) is 10.0. The van der Waals surface area contributed by atoms with Gasteiger partial charge in [0.2, 0.25) is 0 Å². The van der Waals surface area contributed by atoms with Gasteiger partial charge in [0.25, 0.3) is 5.91 Å². The standard InChI is InChI=1S/C20H19FN2O/c1-11-7-12(2)19(13(3)8-11)23-20(24)17-9-14(4)22-18-6-5-15(21)10-16(17)18/h5-10H,1-4H3,(H,23,24). The van der Waals surface area contributed by atoms with E-state index in [1.807, 2.05) is 39.8 Å². The van der Waals surface area contributed by atoms with Gasteiger partial charge in [0.1, 0.15) is 5.82 Å². The Morgan fingerprint density at radius 3 is 2.33 bits per heavy atom. The van der Waals surface area contributed by atoms with E-state index in [9.17, 15) is 9.18 Å². The third-order valence-corrected chi connectivity index (χ3v) is 4.06. The molecule has 0 saturated heterocycles. The van der Waals surface area contributed by atoms with E-state index in [2.05, 4.69) is 10.3 Å². The van der Waals surface area contributed by atoms with E-state index in [0.717, 1.165) is 28.1 Å². The van der Waals surface area contributed by atoms with Crippen molar-refractivity contribution in [1.82, 2.24) is 4.98 Å². The fraction of sp³-hybridized carbons (Fsp3) is 0.200. The maximum atomic E-state index is 13.6. The Kier molecular flexibility index (Phi) is 4.06. The molecule has 0 aliphatic carbocycles. The number of halogens is 1. The first kappa shape index (κ1) is 16.1. The maximum Gasteiger partial charge on any atom is 0.256 e. The summed E-state index contributed by atoms with van der Waals surface area (Å²) in [6.45, 7) is 7.77. The van der Waals surface area contributed by atoms with Crippen LogP contribution in [0, 0.1) is 33.5 Å². The number of aromatic nitrogens is 1. The molecular weight excluding hydrogens is 303 g/mol. The Morgan fingerprint density at radius 1 is 1.00 bits per heavy atom. The number of carbonyl (C=O) groups excluding carboxylic acids is 1. The van der Waals surface area contributed by atoms with Gasteiger partial charge in [-0.2, -0.15) is 0 Å². The zero-order chi connectivity index (χ0) is 17.4. The number of pyridine rings is 1. The van der Waals surface area contributed by atoms with Gasteiger partial charge in [-0.3, -0.25) is 9.78 Å². The number of fused-ring (bicyclic) bond motifs is 1. The summed E-state index contributed by atoms with van der Waals surface area (Å²) in [5.41, 5.74) is 5.70. The monoisotopic (exact) mass is 322 g/mol. The summed E-state index contributed by atoms with van der Waals surface area (Å²) in [7, 11) is 0. The van der Waals surface area contributed by atoms with Crippen LogP contribution in [-0.4, -0.2) is 10.9 Å². The average Bonchev–Trinajstić information content (AvgIpc) is 2.50. The molecule has 1 aromatic heterocycles. The van der Waals surface area contributed by atoms with Gasteiger partial charge in [-0.05, 0) is 63.1 Å². The van der Waals surface area contributed by atoms with E-state index in [0.29, 0.717) is 16.5 Å². The first-order valence-corrected chi connectivity index (χ1v) is 7.81. The zero-order valence-electron chi connectivity index (χ0n) is 14.2. The van der Waals surface area contributed by atoms with Crippen LogP contribution in [0.3, 0.4) is 0 Å². The molecule has 3 nitrogen and oxygen atoms in total. The van der Waals surface area contributed by atoms with Gasteiger partial charge in [-0.1, -0.05) is 17.7 Å². The predicted molar refractivity (Wildman–Crippen MR) is 95.0 cm³/mol. The zero-order valence-corrected chi connectivity index (χ0v) is 14.2. The lowest BCUT2D eigenvalue weighted by atomic mass is 10.0. The van der Waals surface area contributed by atoms with Gasteiger partial charge >= 0.3 is 0 Å². The molecule has 0 unspecified atom stereocenters. The second kappa shape index (κ2) is 6.04. The summed E-state index contributed by atoms with van der Waals surface area (Å²) < 4.78 is 13.6. The number of benzene rings is 2. The number of nitrogens with zero attached hydrogens (tertiary/aromatic N) is 1. The first-order valence-electron chi connectivity index (χ1n) is 7.81. The number of carbonyl (C=O) groups is 1. The Morgan fingerprint density at radius 2 is 1.67 bits per heavy atom. The number of nitrogens with one attached hydrogen (secondary N) is 1. The predicted octanol–water partition coefficient (Wildman–Crippen LogP) is 4.86. The summed E-state index contributed by atoms with van der Waals surface area (Å²) >= 11 is 0. The molecule has 122 valence electrons. The van der Waals surface area contributed by atoms with E-state index in [1.54, 1.807) is 12.1 Å². The van der Waals surface area contributed by atoms with Crippen LogP contribution in [-0.2, 0) is 0 Å². The van der Waals surface area contributed by atoms with Crippen molar-refractivity contribution in [1.29, 1.82) is 0 Å². The smallest absolute Gasteiger partial charge is 0.256 e. The highest BCUT2D eigenvalue weighted by atomic mass is 19.1.